The van der Waals surface area contributed by atoms with Crippen LogP contribution in [-0.4, -0.2) is 40.9 Å². The molecule has 5 nitrogen and oxygen atoms in total. The molecule has 0 aliphatic carbocycles. The molecule has 1 N–H and O–H groups in total. The zero-order valence-electron chi connectivity index (χ0n) is 15.4. The molecule has 2 aromatic carbocycles. The second-order valence-corrected chi connectivity index (χ2v) is 6.79. The molecule has 136 valence electrons. The Balaban J connectivity index is 1.78. The number of nitrogens with one attached hydrogen (secondary N) is 1. The van der Waals surface area contributed by atoms with E-state index < -0.39 is 6.04 Å². The average Bonchev–Trinajstić information content (AvgIpc) is 2.91. The summed E-state index contributed by atoms with van der Waals surface area (Å²) in [4.78, 5) is 28.8. The van der Waals surface area contributed by atoms with Gasteiger partial charge in [0.05, 0.1) is 18.1 Å². The van der Waals surface area contributed by atoms with Crippen LogP contribution in [0.5, 0.6) is 0 Å². The van der Waals surface area contributed by atoms with Gasteiger partial charge < -0.3 is 10.2 Å². The monoisotopic (exact) mass is 351 g/mol. The largest absolute Gasteiger partial charge is 0.327 e. The molecule has 3 rings (SSSR count). The van der Waals surface area contributed by atoms with Crippen LogP contribution in [0.15, 0.2) is 60.7 Å². The highest BCUT2D eigenvalue weighted by Crippen LogP contribution is 2.34. The first kappa shape index (κ1) is 18.1. The minimum Gasteiger partial charge on any atom is -0.322 e. The fourth-order valence-electron chi connectivity index (χ4n) is 3.36. The zero-order chi connectivity index (χ0) is 18.7. The summed E-state index contributed by atoms with van der Waals surface area (Å²) in [7, 11) is 1.75. The lowest BCUT2D eigenvalue weighted by molar-refractivity contribution is -0.131. The third kappa shape index (κ3) is 3.48. The van der Waals surface area contributed by atoms with Crippen LogP contribution in [-0.2, 0) is 11.3 Å². The highest BCUT2D eigenvalue weighted by atomic mass is 16.2. The Kier molecular flexibility index (Phi) is 5.38. The van der Waals surface area contributed by atoms with Crippen LogP contribution >= 0.6 is 0 Å². The molecular formula is C21H25N3O2. The van der Waals surface area contributed by atoms with Gasteiger partial charge in [0.1, 0.15) is 0 Å². The van der Waals surface area contributed by atoms with E-state index in [2.05, 4.69) is 5.32 Å². The second kappa shape index (κ2) is 7.70. The molecule has 0 spiro atoms. The van der Waals surface area contributed by atoms with Gasteiger partial charge in [-0.15, -0.1) is 0 Å². The first-order valence-electron chi connectivity index (χ1n) is 8.93. The lowest BCUT2D eigenvalue weighted by Crippen LogP contribution is -2.47. The SMILES string of the molecule is C[C@H](NCc1ccccc1)C(=O)N1C(=O)N(C)[C@@H](C)[C@H]1c1ccccc1. The van der Waals surface area contributed by atoms with Crippen molar-refractivity contribution in [2.75, 3.05) is 7.05 Å². The zero-order valence-corrected chi connectivity index (χ0v) is 15.4. The molecule has 0 saturated carbocycles. The van der Waals surface area contributed by atoms with Crippen LogP contribution in [0.25, 0.3) is 0 Å². The van der Waals surface area contributed by atoms with Crippen molar-refractivity contribution >= 4 is 11.9 Å². The van der Waals surface area contributed by atoms with Gasteiger partial charge in [-0.3, -0.25) is 9.69 Å². The Morgan fingerprint density at radius 1 is 1.08 bits per heavy atom. The molecule has 1 fully saturated rings. The normalized spacial score (nSPS) is 21.1. The highest BCUT2D eigenvalue weighted by molar-refractivity contribution is 5.99. The summed E-state index contributed by atoms with van der Waals surface area (Å²) in [5, 5.41) is 3.24. The summed E-state index contributed by atoms with van der Waals surface area (Å²) in [6, 6.07) is 18.6. The molecule has 0 radical (unpaired) electrons. The van der Waals surface area contributed by atoms with Gasteiger partial charge in [0, 0.05) is 13.6 Å². The maximum absolute atomic E-state index is 13.1. The van der Waals surface area contributed by atoms with Crippen LogP contribution in [0.3, 0.4) is 0 Å². The smallest absolute Gasteiger partial charge is 0.322 e. The fourth-order valence-corrected chi connectivity index (χ4v) is 3.36. The molecule has 0 aromatic heterocycles. The van der Waals surface area contributed by atoms with Crippen molar-refractivity contribution in [3.63, 3.8) is 0 Å². The summed E-state index contributed by atoms with van der Waals surface area (Å²) in [5.41, 5.74) is 2.08. The van der Waals surface area contributed by atoms with Gasteiger partial charge in [-0.25, -0.2) is 4.79 Å². The Labute approximate surface area is 154 Å². The number of carbonyl (C=O) groups excluding carboxylic acids is 2. The number of rotatable bonds is 5. The molecular weight excluding hydrogens is 326 g/mol. The first-order valence-corrected chi connectivity index (χ1v) is 8.93. The van der Waals surface area contributed by atoms with Crippen molar-refractivity contribution in [1.29, 1.82) is 0 Å². The number of imide groups is 1. The maximum Gasteiger partial charge on any atom is 0.327 e. The number of likely N-dealkylation sites (N-methyl/N-ethyl adjacent to an activating group) is 1. The molecule has 2 aromatic rings. The van der Waals surface area contributed by atoms with Crippen molar-refractivity contribution in [2.24, 2.45) is 0 Å². The molecule has 1 aliphatic heterocycles. The highest BCUT2D eigenvalue weighted by Gasteiger charge is 2.46. The van der Waals surface area contributed by atoms with E-state index in [0.29, 0.717) is 6.54 Å². The molecule has 1 aliphatic rings. The van der Waals surface area contributed by atoms with Crippen molar-refractivity contribution in [1.82, 2.24) is 15.1 Å². The van der Waals surface area contributed by atoms with Gasteiger partial charge in [-0.05, 0) is 25.0 Å². The number of hydrogen-bond acceptors (Lipinski definition) is 3. The Morgan fingerprint density at radius 3 is 2.27 bits per heavy atom. The lowest BCUT2D eigenvalue weighted by Gasteiger charge is -2.27. The second-order valence-electron chi connectivity index (χ2n) is 6.79. The standard InChI is InChI=1S/C21H25N3O2/c1-15(22-14-17-10-6-4-7-11-17)20(25)24-19(16(2)23(3)21(24)26)18-12-8-5-9-13-18/h4-13,15-16,19,22H,14H2,1-3H3/t15-,16-,19-/m0/s1. The van der Waals surface area contributed by atoms with Crippen LogP contribution < -0.4 is 5.32 Å². The molecule has 1 heterocycles. The molecule has 0 bridgehead atoms. The van der Waals surface area contributed by atoms with Crippen molar-refractivity contribution in [3.8, 4) is 0 Å². The number of hydrogen-bond donors (Lipinski definition) is 1. The first-order chi connectivity index (χ1) is 12.5. The van der Waals surface area contributed by atoms with Crippen molar-refractivity contribution in [3.05, 3.63) is 71.8 Å². The minimum absolute atomic E-state index is 0.0739. The molecule has 1 saturated heterocycles. The number of benzene rings is 2. The number of nitrogens with zero attached hydrogens (tertiary/aromatic N) is 2. The summed E-state index contributed by atoms with van der Waals surface area (Å²) in [5.74, 6) is -0.198. The number of amides is 3. The Hall–Kier alpha value is -2.66. The van der Waals surface area contributed by atoms with Gasteiger partial charge >= 0.3 is 6.03 Å². The Bertz CT molecular complexity index is 763. The van der Waals surface area contributed by atoms with E-state index in [9.17, 15) is 9.59 Å². The third-order valence-electron chi connectivity index (χ3n) is 5.06. The predicted molar refractivity (Wildman–Crippen MR) is 101 cm³/mol. The molecule has 5 heteroatoms. The maximum atomic E-state index is 13.1. The minimum atomic E-state index is -0.455. The Morgan fingerprint density at radius 2 is 1.65 bits per heavy atom. The quantitative estimate of drug-likeness (QED) is 0.900. The third-order valence-corrected chi connectivity index (χ3v) is 5.06. The average molecular weight is 351 g/mol. The summed E-state index contributed by atoms with van der Waals surface area (Å²) in [6.07, 6.45) is 0. The molecule has 3 atom stereocenters. The predicted octanol–water partition coefficient (Wildman–Crippen LogP) is 3.19. The summed E-state index contributed by atoms with van der Waals surface area (Å²) < 4.78 is 0. The number of urea groups is 1. The molecule has 0 unspecified atom stereocenters. The lowest BCUT2D eigenvalue weighted by atomic mass is 10.00. The van der Waals surface area contributed by atoms with E-state index in [1.807, 2.05) is 74.5 Å². The molecule has 3 amide bonds. The van der Waals surface area contributed by atoms with Crippen LogP contribution in [0.4, 0.5) is 4.79 Å². The summed E-state index contributed by atoms with van der Waals surface area (Å²) >= 11 is 0. The summed E-state index contributed by atoms with van der Waals surface area (Å²) in [6.45, 7) is 4.37. The van der Waals surface area contributed by atoms with E-state index in [1.54, 1.807) is 11.9 Å². The van der Waals surface area contributed by atoms with Gasteiger partial charge in [-0.1, -0.05) is 60.7 Å². The van der Waals surface area contributed by atoms with Crippen LogP contribution in [0.2, 0.25) is 0 Å². The van der Waals surface area contributed by atoms with Gasteiger partial charge in [0.2, 0.25) is 5.91 Å². The van der Waals surface area contributed by atoms with E-state index >= 15 is 0 Å². The molecule has 26 heavy (non-hydrogen) atoms. The van der Waals surface area contributed by atoms with E-state index in [4.69, 9.17) is 0 Å². The fraction of sp³-hybridized carbons (Fsp3) is 0.333. The van der Waals surface area contributed by atoms with Crippen LogP contribution in [0, 0.1) is 0 Å². The van der Waals surface area contributed by atoms with Gasteiger partial charge in [-0.2, -0.15) is 0 Å². The van der Waals surface area contributed by atoms with E-state index in [1.165, 1.54) is 4.90 Å². The van der Waals surface area contributed by atoms with E-state index in [0.717, 1.165) is 11.1 Å². The van der Waals surface area contributed by atoms with Crippen molar-refractivity contribution < 1.29 is 9.59 Å². The van der Waals surface area contributed by atoms with Gasteiger partial charge in [0.25, 0.3) is 0 Å². The van der Waals surface area contributed by atoms with Crippen molar-refractivity contribution in [2.45, 2.75) is 38.5 Å². The van der Waals surface area contributed by atoms with E-state index in [-0.39, 0.29) is 24.0 Å². The topological polar surface area (TPSA) is 52.7 Å². The van der Waals surface area contributed by atoms with Crippen LogP contribution in [0.1, 0.15) is 31.0 Å². The van der Waals surface area contributed by atoms with Gasteiger partial charge in [0.15, 0.2) is 0 Å². The number of carbonyl (C=O) groups is 2.